The van der Waals surface area contributed by atoms with Gasteiger partial charge in [0.15, 0.2) is 0 Å². The molecule has 0 saturated carbocycles. The fourth-order valence-corrected chi connectivity index (χ4v) is 3.08. The van der Waals surface area contributed by atoms with Crippen molar-refractivity contribution in [2.75, 3.05) is 19.0 Å². The number of nitrogens with zero attached hydrogens (tertiary/aromatic N) is 5. The van der Waals surface area contributed by atoms with E-state index in [1.807, 2.05) is 31.6 Å². The Kier molecular flexibility index (Phi) is 5.52. The van der Waals surface area contributed by atoms with Gasteiger partial charge < -0.3 is 10.2 Å². The molecule has 0 atom stereocenters. The number of carbonyl (C=O) groups excluding carboxylic acids is 1. The van der Waals surface area contributed by atoms with Crippen LogP contribution in [0.5, 0.6) is 0 Å². The Morgan fingerprint density at radius 1 is 1.27 bits per heavy atom. The zero-order chi connectivity index (χ0) is 18.5. The third kappa shape index (κ3) is 4.02. The number of carbonyl (C=O) groups is 1. The first-order chi connectivity index (χ1) is 12.6. The molecule has 0 saturated heterocycles. The van der Waals surface area contributed by atoms with Crippen molar-refractivity contribution in [2.45, 2.75) is 19.9 Å². The number of nitrogens with one attached hydrogen (secondary N) is 1. The second-order valence-corrected chi connectivity index (χ2v) is 6.78. The Labute approximate surface area is 156 Å². The number of hydrogen-bond donors (Lipinski definition) is 1. The maximum absolute atomic E-state index is 12.7. The van der Waals surface area contributed by atoms with Crippen LogP contribution in [0.4, 0.5) is 5.95 Å². The SMILES string of the molecule is CCc1nc(CNC(=O)c2cnc(N(C)C)nc2-c2cccnc2)cs1. The minimum Gasteiger partial charge on any atom is -0.347 e. The van der Waals surface area contributed by atoms with Gasteiger partial charge in [0, 0.05) is 43.6 Å². The Morgan fingerprint density at radius 2 is 2.12 bits per heavy atom. The number of hydrogen-bond acceptors (Lipinski definition) is 7. The van der Waals surface area contributed by atoms with E-state index in [1.54, 1.807) is 34.8 Å². The molecule has 3 aromatic heterocycles. The van der Waals surface area contributed by atoms with E-state index in [-0.39, 0.29) is 5.91 Å². The first-order valence-electron chi connectivity index (χ1n) is 8.24. The maximum atomic E-state index is 12.7. The molecule has 0 aliphatic rings. The molecule has 0 aliphatic heterocycles. The third-order valence-electron chi connectivity index (χ3n) is 3.69. The number of anilines is 1. The van der Waals surface area contributed by atoms with Crippen molar-refractivity contribution in [3.05, 3.63) is 52.4 Å². The summed E-state index contributed by atoms with van der Waals surface area (Å²) in [5.41, 5.74) is 2.59. The van der Waals surface area contributed by atoms with E-state index in [9.17, 15) is 4.79 Å². The maximum Gasteiger partial charge on any atom is 0.255 e. The van der Waals surface area contributed by atoms with Crippen molar-refractivity contribution in [1.82, 2.24) is 25.3 Å². The summed E-state index contributed by atoms with van der Waals surface area (Å²) in [4.78, 5) is 31.9. The largest absolute Gasteiger partial charge is 0.347 e. The standard InChI is InChI=1S/C18H20N6OS/c1-4-15-22-13(11-26-15)9-20-17(25)14-10-21-18(24(2)3)23-16(14)12-6-5-7-19-8-12/h5-8,10-11H,4,9H2,1-3H3,(H,20,25). The highest BCUT2D eigenvalue weighted by Gasteiger charge is 2.17. The average Bonchev–Trinajstić information content (AvgIpc) is 3.14. The van der Waals surface area contributed by atoms with Gasteiger partial charge in [0.2, 0.25) is 5.95 Å². The van der Waals surface area contributed by atoms with Gasteiger partial charge in [0.25, 0.3) is 5.91 Å². The van der Waals surface area contributed by atoms with Crippen molar-refractivity contribution >= 4 is 23.2 Å². The third-order valence-corrected chi connectivity index (χ3v) is 4.73. The van der Waals surface area contributed by atoms with E-state index in [0.29, 0.717) is 23.8 Å². The molecule has 0 aromatic carbocycles. The number of pyridine rings is 1. The molecular formula is C18H20N6OS. The van der Waals surface area contributed by atoms with Gasteiger partial charge in [-0.3, -0.25) is 9.78 Å². The molecule has 1 amide bonds. The summed E-state index contributed by atoms with van der Waals surface area (Å²) in [5.74, 6) is 0.299. The van der Waals surface area contributed by atoms with E-state index in [2.05, 4.69) is 32.2 Å². The molecule has 8 heteroatoms. The summed E-state index contributed by atoms with van der Waals surface area (Å²) >= 11 is 1.60. The summed E-state index contributed by atoms with van der Waals surface area (Å²) in [6.07, 6.45) is 5.82. The Hall–Kier alpha value is -2.87. The van der Waals surface area contributed by atoms with Crippen molar-refractivity contribution in [3.8, 4) is 11.3 Å². The van der Waals surface area contributed by atoms with Crippen LogP contribution in [-0.4, -0.2) is 39.9 Å². The fourth-order valence-electron chi connectivity index (χ4n) is 2.34. The van der Waals surface area contributed by atoms with Crippen LogP contribution in [0, 0.1) is 0 Å². The zero-order valence-corrected chi connectivity index (χ0v) is 15.7. The van der Waals surface area contributed by atoms with Crippen LogP contribution < -0.4 is 10.2 Å². The average molecular weight is 368 g/mol. The Bertz CT molecular complexity index is 894. The van der Waals surface area contributed by atoms with Crippen LogP contribution in [0.1, 0.15) is 28.0 Å². The molecular weight excluding hydrogens is 348 g/mol. The van der Waals surface area contributed by atoms with E-state index >= 15 is 0 Å². The molecule has 0 bridgehead atoms. The molecule has 0 radical (unpaired) electrons. The van der Waals surface area contributed by atoms with Gasteiger partial charge in [-0.2, -0.15) is 0 Å². The van der Waals surface area contributed by atoms with Crippen LogP contribution in [-0.2, 0) is 13.0 Å². The van der Waals surface area contributed by atoms with Gasteiger partial charge in [0.05, 0.1) is 28.5 Å². The van der Waals surface area contributed by atoms with Gasteiger partial charge in [-0.25, -0.2) is 15.0 Å². The van der Waals surface area contributed by atoms with Gasteiger partial charge in [-0.15, -0.1) is 11.3 Å². The van der Waals surface area contributed by atoms with Gasteiger partial charge in [0.1, 0.15) is 0 Å². The first-order valence-corrected chi connectivity index (χ1v) is 9.12. The molecule has 0 unspecified atom stereocenters. The van der Waals surface area contributed by atoms with Crippen molar-refractivity contribution in [3.63, 3.8) is 0 Å². The lowest BCUT2D eigenvalue weighted by molar-refractivity contribution is 0.0950. The summed E-state index contributed by atoms with van der Waals surface area (Å²) in [6, 6.07) is 3.69. The highest BCUT2D eigenvalue weighted by atomic mass is 32.1. The predicted octanol–water partition coefficient (Wildman–Crippen LogP) is 2.55. The van der Waals surface area contributed by atoms with Gasteiger partial charge in [-0.05, 0) is 18.6 Å². The number of thiazole rings is 1. The second-order valence-electron chi connectivity index (χ2n) is 5.84. The predicted molar refractivity (Wildman–Crippen MR) is 102 cm³/mol. The van der Waals surface area contributed by atoms with Crippen LogP contribution >= 0.6 is 11.3 Å². The highest BCUT2D eigenvalue weighted by Crippen LogP contribution is 2.22. The number of aromatic nitrogens is 4. The van der Waals surface area contributed by atoms with E-state index in [4.69, 9.17) is 0 Å². The van der Waals surface area contributed by atoms with E-state index < -0.39 is 0 Å². The normalized spacial score (nSPS) is 10.6. The first kappa shape index (κ1) is 17.9. The zero-order valence-electron chi connectivity index (χ0n) is 14.9. The summed E-state index contributed by atoms with van der Waals surface area (Å²) in [5, 5.41) is 5.93. The quantitative estimate of drug-likeness (QED) is 0.720. The van der Waals surface area contributed by atoms with Crippen LogP contribution in [0.15, 0.2) is 36.1 Å². The van der Waals surface area contributed by atoms with Crippen molar-refractivity contribution in [2.24, 2.45) is 0 Å². The summed E-state index contributed by atoms with van der Waals surface area (Å²) in [6.45, 7) is 2.43. The van der Waals surface area contributed by atoms with Crippen LogP contribution in [0.3, 0.4) is 0 Å². The molecule has 3 heterocycles. The van der Waals surface area contributed by atoms with Gasteiger partial charge in [-0.1, -0.05) is 6.92 Å². The fraction of sp³-hybridized carbons (Fsp3) is 0.278. The molecule has 3 aromatic rings. The highest BCUT2D eigenvalue weighted by molar-refractivity contribution is 7.09. The summed E-state index contributed by atoms with van der Waals surface area (Å²) < 4.78 is 0. The van der Waals surface area contributed by atoms with Crippen LogP contribution in [0.25, 0.3) is 11.3 Å². The molecule has 134 valence electrons. The monoisotopic (exact) mass is 368 g/mol. The number of aryl methyl sites for hydroxylation is 1. The molecule has 0 fully saturated rings. The van der Waals surface area contributed by atoms with Crippen molar-refractivity contribution in [1.29, 1.82) is 0 Å². The molecule has 0 spiro atoms. The minimum atomic E-state index is -0.236. The van der Waals surface area contributed by atoms with E-state index in [0.717, 1.165) is 22.7 Å². The summed E-state index contributed by atoms with van der Waals surface area (Å²) in [7, 11) is 3.71. The Morgan fingerprint density at radius 3 is 2.77 bits per heavy atom. The van der Waals surface area contributed by atoms with E-state index in [1.165, 1.54) is 0 Å². The number of amides is 1. The molecule has 7 nitrogen and oxygen atoms in total. The smallest absolute Gasteiger partial charge is 0.255 e. The lowest BCUT2D eigenvalue weighted by atomic mass is 10.1. The second kappa shape index (κ2) is 8.01. The lowest BCUT2D eigenvalue weighted by Gasteiger charge is -2.14. The number of rotatable bonds is 6. The molecule has 1 N–H and O–H groups in total. The Balaban J connectivity index is 1.86. The molecule has 3 rings (SSSR count). The van der Waals surface area contributed by atoms with Gasteiger partial charge >= 0.3 is 0 Å². The van der Waals surface area contributed by atoms with Crippen molar-refractivity contribution < 1.29 is 4.79 Å². The lowest BCUT2D eigenvalue weighted by Crippen LogP contribution is -2.25. The molecule has 26 heavy (non-hydrogen) atoms. The van der Waals surface area contributed by atoms with Crippen LogP contribution in [0.2, 0.25) is 0 Å². The topological polar surface area (TPSA) is 83.9 Å². The minimum absolute atomic E-state index is 0.236. The molecule has 0 aliphatic carbocycles.